The van der Waals surface area contributed by atoms with Gasteiger partial charge in [0.25, 0.3) is 0 Å². The number of carbonyl (C=O) groups excluding carboxylic acids is 1. The monoisotopic (exact) mass is 262 g/mol. The van der Waals surface area contributed by atoms with Gasteiger partial charge in [-0.2, -0.15) is 0 Å². The van der Waals surface area contributed by atoms with E-state index in [-0.39, 0.29) is 17.0 Å². The van der Waals surface area contributed by atoms with E-state index in [9.17, 15) is 4.79 Å². The van der Waals surface area contributed by atoms with Gasteiger partial charge in [-0.05, 0) is 62.7 Å². The first-order valence-electron chi connectivity index (χ1n) is 7.94. The molecule has 4 aliphatic rings. The summed E-state index contributed by atoms with van der Waals surface area (Å²) in [5, 5.41) is 0. The van der Waals surface area contributed by atoms with Gasteiger partial charge in [0, 0.05) is 11.5 Å². The van der Waals surface area contributed by atoms with Gasteiger partial charge in [-0.3, -0.25) is 0 Å². The standard InChI is InChI=1S/C17H26O2/c1-4-15(18)19-17-10-12-7-13(11-17)9-14(8-12)16(17,5-2)6-3/h4,12-14H,1,5-11H2,2-3H3. The van der Waals surface area contributed by atoms with Crippen molar-refractivity contribution in [1.82, 2.24) is 0 Å². The Morgan fingerprint density at radius 3 is 2.26 bits per heavy atom. The van der Waals surface area contributed by atoms with Crippen molar-refractivity contribution >= 4 is 5.97 Å². The molecule has 0 aliphatic heterocycles. The first-order chi connectivity index (χ1) is 9.09. The van der Waals surface area contributed by atoms with Crippen molar-refractivity contribution in [2.24, 2.45) is 23.2 Å². The maximum atomic E-state index is 11.9. The molecule has 19 heavy (non-hydrogen) atoms. The molecule has 4 aliphatic carbocycles. The van der Waals surface area contributed by atoms with E-state index in [1.807, 2.05) is 0 Å². The van der Waals surface area contributed by atoms with Gasteiger partial charge >= 0.3 is 5.97 Å². The number of ether oxygens (including phenoxy) is 1. The van der Waals surface area contributed by atoms with Crippen molar-refractivity contribution in [2.75, 3.05) is 0 Å². The summed E-state index contributed by atoms with van der Waals surface area (Å²) in [6, 6.07) is 0. The summed E-state index contributed by atoms with van der Waals surface area (Å²) in [7, 11) is 0. The van der Waals surface area contributed by atoms with E-state index in [1.54, 1.807) is 0 Å². The number of rotatable bonds is 4. The summed E-state index contributed by atoms with van der Waals surface area (Å²) < 4.78 is 6.04. The molecule has 4 fully saturated rings. The Morgan fingerprint density at radius 2 is 1.79 bits per heavy atom. The van der Waals surface area contributed by atoms with Crippen LogP contribution in [0.1, 0.15) is 58.8 Å². The SMILES string of the molecule is C=CC(=O)OC12CC3CC(CC(C3)C1(CC)CC)C2. The zero-order valence-corrected chi connectivity index (χ0v) is 12.3. The van der Waals surface area contributed by atoms with Crippen LogP contribution in [0.5, 0.6) is 0 Å². The van der Waals surface area contributed by atoms with Gasteiger partial charge in [0.05, 0.1) is 0 Å². The molecular formula is C17H26O2. The Balaban J connectivity index is 2.01. The summed E-state index contributed by atoms with van der Waals surface area (Å²) >= 11 is 0. The quantitative estimate of drug-likeness (QED) is 0.563. The molecule has 0 radical (unpaired) electrons. The van der Waals surface area contributed by atoms with Gasteiger partial charge in [-0.15, -0.1) is 0 Å². The molecule has 2 nitrogen and oxygen atoms in total. The normalized spacial score (nSPS) is 42.1. The molecule has 0 aromatic heterocycles. The molecular weight excluding hydrogens is 236 g/mol. The zero-order chi connectivity index (χ0) is 13.7. The first kappa shape index (κ1) is 13.2. The minimum Gasteiger partial charge on any atom is -0.455 e. The van der Waals surface area contributed by atoms with Crippen LogP contribution in [0.25, 0.3) is 0 Å². The van der Waals surface area contributed by atoms with E-state index in [1.165, 1.54) is 25.3 Å². The van der Waals surface area contributed by atoms with Crippen LogP contribution in [-0.2, 0) is 9.53 Å². The second-order valence-corrected chi connectivity index (χ2v) is 7.03. The molecule has 4 saturated carbocycles. The second-order valence-electron chi connectivity index (χ2n) is 7.03. The molecule has 2 atom stereocenters. The third-order valence-electron chi connectivity index (χ3n) is 6.55. The zero-order valence-electron chi connectivity index (χ0n) is 12.3. The predicted octanol–water partition coefficient (Wildman–Crippen LogP) is 4.10. The Hall–Kier alpha value is -0.790. The lowest BCUT2D eigenvalue weighted by molar-refractivity contribution is -0.245. The lowest BCUT2D eigenvalue weighted by Crippen LogP contribution is -2.65. The average Bonchev–Trinajstić information content (AvgIpc) is 2.38. The Labute approximate surface area is 116 Å². The molecule has 0 N–H and O–H groups in total. The molecule has 4 bridgehead atoms. The average molecular weight is 262 g/mol. The fraction of sp³-hybridized carbons (Fsp3) is 0.824. The molecule has 0 aromatic carbocycles. The highest BCUT2D eigenvalue weighted by Gasteiger charge is 2.65. The van der Waals surface area contributed by atoms with Crippen molar-refractivity contribution in [3.05, 3.63) is 12.7 Å². The van der Waals surface area contributed by atoms with Crippen molar-refractivity contribution < 1.29 is 9.53 Å². The van der Waals surface area contributed by atoms with Gasteiger partial charge in [-0.1, -0.05) is 20.4 Å². The minimum absolute atomic E-state index is 0.184. The van der Waals surface area contributed by atoms with Crippen LogP contribution in [0.3, 0.4) is 0 Å². The first-order valence-corrected chi connectivity index (χ1v) is 7.94. The van der Waals surface area contributed by atoms with Crippen LogP contribution < -0.4 is 0 Å². The molecule has 0 amide bonds. The molecule has 0 saturated heterocycles. The highest BCUT2D eigenvalue weighted by Crippen LogP contribution is 2.67. The molecule has 106 valence electrons. The van der Waals surface area contributed by atoms with E-state index in [2.05, 4.69) is 20.4 Å². The largest absolute Gasteiger partial charge is 0.455 e. The van der Waals surface area contributed by atoms with Crippen LogP contribution in [0.4, 0.5) is 0 Å². The predicted molar refractivity (Wildman–Crippen MR) is 75.6 cm³/mol. The van der Waals surface area contributed by atoms with Gasteiger partial charge < -0.3 is 4.74 Å². The topological polar surface area (TPSA) is 26.3 Å². The van der Waals surface area contributed by atoms with Crippen LogP contribution in [0.2, 0.25) is 0 Å². The maximum absolute atomic E-state index is 11.9. The summed E-state index contributed by atoms with van der Waals surface area (Å²) in [5.41, 5.74) is 0.0373. The summed E-state index contributed by atoms with van der Waals surface area (Å²) in [6.07, 6.45) is 9.91. The van der Waals surface area contributed by atoms with E-state index < -0.39 is 0 Å². The fourth-order valence-electron chi connectivity index (χ4n) is 6.03. The molecule has 0 heterocycles. The second kappa shape index (κ2) is 4.36. The third-order valence-corrected chi connectivity index (χ3v) is 6.55. The van der Waals surface area contributed by atoms with Crippen molar-refractivity contribution in [2.45, 2.75) is 64.4 Å². The Morgan fingerprint density at radius 1 is 1.21 bits per heavy atom. The van der Waals surface area contributed by atoms with E-state index in [0.29, 0.717) is 0 Å². The molecule has 0 aromatic rings. The van der Waals surface area contributed by atoms with Crippen molar-refractivity contribution in [3.8, 4) is 0 Å². The number of hydrogen-bond acceptors (Lipinski definition) is 2. The maximum Gasteiger partial charge on any atom is 0.330 e. The fourth-order valence-corrected chi connectivity index (χ4v) is 6.03. The molecule has 0 spiro atoms. The summed E-state index contributed by atoms with van der Waals surface area (Å²) in [4.78, 5) is 11.9. The number of hydrogen-bond donors (Lipinski definition) is 0. The summed E-state index contributed by atoms with van der Waals surface area (Å²) in [5.74, 6) is 2.14. The lowest BCUT2D eigenvalue weighted by atomic mass is 9.42. The van der Waals surface area contributed by atoms with Gasteiger partial charge in [0.1, 0.15) is 5.60 Å². The molecule has 2 unspecified atom stereocenters. The van der Waals surface area contributed by atoms with Crippen molar-refractivity contribution in [3.63, 3.8) is 0 Å². The van der Waals surface area contributed by atoms with E-state index in [0.717, 1.165) is 43.4 Å². The Bertz CT molecular complexity index is 380. The lowest BCUT2D eigenvalue weighted by Gasteiger charge is -2.66. The van der Waals surface area contributed by atoms with Gasteiger partial charge in [0.15, 0.2) is 0 Å². The Kier molecular flexibility index (Phi) is 3.03. The highest BCUT2D eigenvalue weighted by atomic mass is 16.6. The van der Waals surface area contributed by atoms with E-state index in [4.69, 9.17) is 4.74 Å². The van der Waals surface area contributed by atoms with Crippen molar-refractivity contribution in [1.29, 1.82) is 0 Å². The minimum atomic E-state index is -0.215. The smallest absolute Gasteiger partial charge is 0.330 e. The van der Waals surface area contributed by atoms with Crippen LogP contribution in [0, 0.1) is 23.2 Å². The van der Waals surface area contributed by atoms with Gasteiger partial charge in [-0.25, -0.2) is 4.79 Å². The number of carbonyl (C=O) groups is 1. The van der Waals surface area contributed by atoms with Crippen LogP contribution >= 0.6 is 0 Å². The van der Waals surface area contributed by atoms with Crippen LogP contribution in [-0.4, -0.2) is 11.6 Å². The molecule has 4 rings (SSSR count). The van der Waals surface area contributed by atoms with E-state index >= 15 is 0 Å². The van der Waals surface area contributed by atoms with Crippen LogP contribution in [0.15, 0.2) is 12.7 Å². The molecule has 2 heteroatoms. The summed E-state index contributed by atoms with van der Waals surface area (Å²) in [6.45, 7) is 8.16. The highest BCUT2D eigenvalue weighted by molar-refractivity contribution is 5.81. The van der Waals surface area contributed by atoms with Gasteiger partial charge in [0.2, 0.25) is 0 Å². The number of esters is 1. The third kappa shape index (κ3) is 1.64.